The molecule has 2 aromatic carbocycles. The van der Waals surface area contributed by atoms with Gasteiger partial charge in [-0.25, -0.2) is 4.79 Å². The Kier molecular flexibility index (Phi) is 6.02. The second kappa shape index (κ2) is 9.12. The maximum absolute atomic E-state index is 13.0. The molecule has 0 aliphatic heterocycles. The molecule has 0 spiro atoms. The Hall–Kier alpha value is -3.35. The fourth-order valence-electron chi connectivity index (χ4n) is 5.29. The Balaban J connectivity index is 1.23. The first-order valence-electron chi connectivity index (χ1n) is 12.1. The molecule has 1 unspecified atom stereocenters. The van der Waals surface area contributed by atoms with E-state index in [1.165, 1.54) is 0 Å². The number of nitrogens with one attached hydrogen (secondary N) is 2. The molecule has 0 heterocycles. The van der Waals surface area contributed by atoms with Crippen LogP contribution in [0.3, 0.4) is 0 Å². The number of carboxylic acids is 1. The summed E-state index contributed by atoms with van der Waals surface area (Å²) in [7, 11) is 0. The molecule has 178 valence electrons. The van der Waals surface area contributed by atoms with Gasteiger partial charge in [0, 0.05) is 5.92 Å². The van der Waals surface area contributed by atoms with Crippen molar-refractivity contribution in [2.45, 2.75) is 62.4 Å². The van der Waals surface area contributed by atoms with Crippen LogP contribution in [0, 0.1) is 5.92 Å². The fraction of sp³-hybridized carbons (Fsp3) is 0.444. The van der Waals surface area contributed by atoms with Crippen molar-refractivity contribution < 1.29 is 24.2 Å². The minimum atomic E-state index is -0.928. The number of hydrogen-bond acceptors (Lipinski definition) is 4. The summed E-state index contributed by atoms with van der Waals surface area (Å²) >= 11 is 0. The smallest absolute Gasteiger partial charge is 0.407 e. The first kappa shape index (κ1) is 22.4. The Morgan fingerprint density at radius 1 is 1.00 bits per heavy atom. The second-order valence-corrected chi connectivity index (χ2v) is 9.90. The predicted molar refractivity (Wildman–Crippen MR) is 126 cm³/mol. The lowest BCUT2D eigenvalue weighted by Crippen LogP contribution is -2.59. The second-order valence-electron chi connectivity index (χ2n) is 9.90. The molecule has 7 heteroatoms. The third-order valence-electron chi connectivity index (χ3n) is 7.41. The number of carbonyl (C=O) groups is 3. The third kappa shape index (κ3) is 4.65. The van der Waals surface area contributed by atoms with Crippen LogP contribution in [0.1, 0.15) is 62.0 Å². The van der Waals surface area contributed by atoms with Gasteiger partial charge in [-0.2, -0.15) is 0 Å². The topological polar surface area (TPSA) is 105 Å². The van der Waals surface area contributed by atoms with Crippen LogP contribution in [0.2, 0.25) is 0 Å². The van der Waals surface area contributed by atoms with Crippen LogP contribution in [0.25, 0.3) is 11.1 Å². The summed E-state index contributed by atoms with van der Waals surface area (Å²) in [5.41, 5.74) is 3.87. The zero-order valence-corrected chi connectivity index (χ0v) is 19.1. The molecule has 34 heavy (non-hydrogen) atoms. The van der Waals surface area contributed by atoms with Crippen LogP contribution >= 0.6 is 0 Å². The lowest BCUT2D eigenvalue weighted by Gasteiger charge is -2.42. The van der Waals surface area contributed by atoms with Gasteiger partial charge in [-0.1, -0.05) is 61.4 Å². The van der Waals surface area contributed by atoms with Gasteiger partial charge in [0.2, 0.25) is 5.91 Å². The highest BCUT2D eigenvalue weighted by Gasteiger charge is 2.42. The maximum atomic E-state index is 13.0. The molecule has 0 bridgehead atoms. The van der Waals surface area contributed by atoms with Crippen LogP contribution in [0.4, 0.5) is 4.79 Å². The average molecular weight is 463 g/mol. The number of benzene rings is 2. The van der Waals surface area contributed by atoms with Gasteiger partial charge in [0.1, 0.15) is 12.6 Å². The molecule has 3 aliphatic rings. The largest absolute Gasteiger partial charge is 0.481 e. The summed E-state index contributed by atoms with van der Waals surface area (Å²) < 4.78 is 5.63. The first-order valence-corrected chi connectivity index (χ1v) is 12.1. The van der Waals surface area contributed by atoms with Crippen molar-refractivity contribution >= 4 is 18.0 Å². The molecular weight excluding hydrogens is 432 g/mol. The molecule has 3 N–H and O–H groups in total. The molecule has 7 nitrogen and oxygen atoms in total. The number of aliphatic carboxylic acids is 1. The van der Waals surface area contributed by atoms with Crippen LogP contribution in [0.5, 0.6) is 0 Å². The SMILES string of the molecule is O=C(O)CC1(NC(=O)C(CC2CC2)NC(=O)OCC2c3ccccc3-c3ccccc32)CCC1. The van der Waals surface area contributed by atoms with Crippen LogP contribution in [-0.4, -0.2) is 41.3 Å². The van der Waals surface area contributed by atoms with Crippen molar-refractivity contribution in [3.8, 4) is 11.1 Å². The Labute approximate surface area is 198 Å². The van der Waals surface area contributed by atoms with Gasteiger partial charge in [0.25, 0.3) is 0 Å². The Bertz CT molecular complexity index is 1060. The molecule has 2 amide bonds. The highest BCUT2D eigenvalue weighted by Crippen LogP contribution is 2.44. The van der Waals surface area contributed by atoms with Gasteiger partial charge in [-0.15, -0.1) is 0 Å². The molecule has 2 fully saturated rings. The number of carboxylic acid groups (broad SMARTS) is 1. The zero-order valence-electron chi connectivity index (χ0n) is 19.1. The van der Waals surface area contributed by atoms with Crippen molar-refractivity contribution in [1.29, 1.82) is 0 Å². The molecule has 3 aliphatic carbocycles. The van der Waals surface area contributed by atoms with E-state index in [4.69, 9.17) is 4.74 Å². The normalized spacial score (nSPS) is 18.7. The van der Waals surface area contributed by atoms with Crippen molar-refractivity contribution in [3.63, 3.8) is 0 Å². The van der Waals surface area contributed by atoms with Gasteiger partial charge in [0.05, 0.1) is 12.0 Å². The minimum Gasteiger partial charge on any atom is -0.481 e. The molecule has 2 aromatic rings. The Morgan fingerprint density at radius 3 is 2.15 bits per heavy atom. The number of fused-ring (bicyclic) bond motifs is 3. The zero-order chi connectivity index (χ0) is 23.7. The lowest BCUT2D eigenvalue weighted by atomic mass is 9.74. The van der Waals surface area contributed by atoms with Gasteiger partial charge in [0.15, 0.2) is 0 Å². The third-order valence-corrected chi connectivity index (χ3v) is 7.41. The number of rotatable bonds is 9. The number of alkyl carbamates (subject to hydrolysis) is 1. The molecule has 1 atom stereocenters. The van der Waals surface area contributed by atoms with Crippen molar-refractivity contribution in [2.24, 2.45) is 5.92 Å². The minimum absolute atomic E-state index is 0.0531. The van der Waals surface area contributed by atoms with Gasteiger partial charge in [-0.3, -0.25) is 9.59 Å². The summed E-state index contributed by atoms with van der Waals surface area (Å²) in [5, 5.41) is 14.9. The van der Waals surface area contributed by atoms with E-state index in [1.54, 1.807) is 0 Å². The lowest BCUT2D eigenvalue weighted by molar-refractivity contribution is -0.140. The quantitative estimate of drug-likeness (QED) is 0.518. The van der Waals surface area contributed by atoms with E-state index >= 15 is 0 Å². The maximum Gasteiger partial charge on any atom is 0.407 e. The van der Waals surface area contributed by atoms with E-state index in [0.29, 0.717) is 25.2 Å². The van der Waals surface area contributed by atoms with Gasteiger partial charge < -0.3 is 20.5 Å². The van der Waals surface area contributed by atoms with Crippen LogP contribution in [0.15, 0.2) is 48.5 Å². The van der Waals surface area contributed by atoms with Crippen LogP contribution in [-0.2, 0) is 14.3 Å². The molecule has 2 saturated carbocycles. The van der Waals surface area contributed by atoms with E-state index in [2.05, 4.69) is 34.9 Å². The van der Waals surface area contributed by atoms with Gasteiger partial charge in [-0.05, 0) is 53.9 Å². The van der Waals surface area contributed by atoms with Crippen LogP contribution < -0.4 is 10.6 Å². The van der Waals surface area contributed by atoms with Crippen molar-refractivity contribution in [2.75, 3.05) is 6.61 Å². The Morgan fingerprint density at radius 2 is 1.62 bits per heavy atom. The molecular formula is C27H30N2O5. The van der Waals surface area contributed by atoms with E-state index < -0.39 is 23.6 Å². The summed E-state index contributed by atoms with van der Waals surface area (Å²) in [6.07, 6.45) is 4.08. The predicted octanol–water partition coefficient (Wildman–Crippen LogP) is 4.21. The van der Waals surface area contributed by atoms with Crippen molar-refractivity contribution in [3.05, 3.63) is 59.7 Å². The molecule has 0 radical (unpaired) electrons. The number of ether oxygens (including phenoxy) is 1. The molecule has 5 rings (SSSR count). The standard InChI is InChI=1S/C27H30N2O5/c30-24(31)15-27(12-5-13-27)29-25(32)23(14-17-10-11-17)28-26(33)34-16-22-20-8-3-1-6-18(20)19-7-2-4-9-21(19)22/h1-4,6-9,17,22-23H,5,10-16H2,(H,28,33)(H,29,32)(H,30,31). The number of amides is 2. The van der Waals surface area contributed by atoms with Crippen molar-refractivity contribution in [1.82, 2.24) is 10.6 Å². The monoisotopic (exact) mass is 462 g/mol. The highest BCUT2D eigenvalue weighted by atomic mass is 16.5. The first-order chi connectivity index (χ1) is 16.4. The number of carbonyl (C=O) groups excluding carboxylic acids is 2. The van der Waals surface area contributed by atoms with E-state index in [1.807, 2.05) is 24.3 Å². The van der Waals surface area contributed by atoms with Gasteiger partial charge >= 0.3 is 12.1 Å². The number of hydrogen-bond donors (Lipinski definition) is 3. The highest BCUT2D eigenvalue weighted by molar-refractivity contribution is 5.87. The van der Waals surface area contributed by atoms with E-state index in [-0.39, 0.29) is 24.9 Å². The van der Waals surface area contributed by atoms with E-state index in [0.717, 1.165) is 41.5 Å². The van der Waals surface area contributed by atoms with E-state index in [9.17, 15) is 19.5 Å². The molecule has 0 saturated heterocycles. The summed E-state index contributed by atoms with van der Waals surface area (Å²) in [6, 6.07) is 15.5. The molecule has 0 aromatic heterocycles. The fourth-order valence-corrected chi connectivity index (χ4v) is 5.29. The summed E-state index contributed by atoms with van der Waals surface area (Å²) in [5.74, 6) is -0.895. The summed E-state index contributed by atoms with van der Waals surface area (Å²) in [6.45, 7) is 0.181. The summed E-state index contributed by atoms with van der Waals surface area (Å²) in [4.78, 5) is 37.1. The average Bonchev–Trinajstić information content (AvgIpc) is 3.56.